The summed E-state index contributed by atoms with van der Waals surface area (Å²) in [6.45, 7) is 13.8. The molecule has 3 fully saturated rings. The Labute approximate surface area is 165 Å². The summed E-state index contributed by atoms with van der Waals surface area (Å²) in [5.41, 5.74) is 5.26. The summed E-state index contributed by atoms with van der Waals surface area (Å²) in [6, 6.07) is 7.24. The van der Waals surface area contributed by atoms with Crippen molar-refractivity contribution < 1.29 is 4.74 Å². The molecule has 27 heavy (non-hydrogen) atoms. The third-order valence-electron chi connectivity index (χ3n) is 9.40. The molecule has 1 saturated heterocycles. The zero-order valence-corrected chi connectivity index (χ0v) is 17.7. The molecule has 0 N–H and O–H groups in total. The SMILES string of the molecule is C=C1O[C@]2(CCC3C4CCc5cc(C)ccc5C4CC[C@@]32C)CCC1(C)C. The normalized spacial score (nSPS) is 42.2. The molecule has 3 unspecified atom stereocenters. The van der Waals surface area contributed by atoms with Gasteiger partial charge in [0, 0.05) is 10.8 Å². The minimum absolute atomic E-state index is 0.0583. The molecule has 4 aliphatic rings. The lowest BCUT2D eigenvalue weighted by Gasteiger charge is -2.57. The largest absolute Gasteiger partial charge is 0.491 e. The van der Waals surface area contributed by atoms with E-state index in [9.17, 15) is 0 Å². The molecule has 0 amide bonds. The Morgan fingerprint density at radius 2 is 1.81 bits per heavy atom. The summed E-state index contributed by atoms with van der Waals surface area (Å²) in [5, 5.41) is 0. The smallest absolute Gasteiger partial charge is 0.114 e. The van der Waals surface area contributed by atoms with E-state index in [1.807, 2.05) is 0 Å². The highest BCUT2D eigenvalue weighted by Crippen LogP contribution is 2.68. The Morgan fingerprint density at radius 3 is 2.59 bits per heavy atom. The Kier molecular flexibility index (Phi) is 3.73. The fourth-order valence-electron chi connectivity index (χ4n) is 7.46. The maximum atomic E-state index is 6.79. The second-order valence-corrected chi connectivity index (χ2v) is 11.0. The molecular weight excluding hydrogens is 328 g/mol. The summed E-state index contributed by atoms with van der Waals surface area (Å²) in [6.07, 6.45) is 10.4. The lowest BCUT2D eigenvalue weighted by Crippen LogP contribution is -2.54. The number of aryl methyl sites for hydroxylation is 2. The van der Waals surface area contributed by atoms with Gasteiger partial charge in [-0.3, -0.25) is 0 Å². The van der Waals surface area contributed by atoms with Crippen LogP contribution >= 0.6 is 0 Å². The molecular formula is C26H36O. The molecule has 1 spiro atoms. The molecule has 2 saturated carbocycles. The zero-order valence-electron chi connectivity index (χ0n) is 17.7. The minimum atomic E-state index is 0.0583. The third-order valence-corrected chi connectivity index (χ3v) is 9.40. The predicted molar refractivity (Wildman–Crippen MR) is 112 cm³/mol. The number of rotatable bonds is 0. The van der Waals surface area contributed by atoms with E-state index in [0.717, 1.165) is 23.5 Å². The van der Waals surface area contributed by atoms with Crippen molar-refractivity contribution in [3.63, 3.8) is 0 Å². The van der Waals surface area contributed by atoms with Crippen LogP contribution in [0.5, 0.6) is 0 Å². The van der Waals surface area contributed by atoms with E-state index in [2.05, 4.69) is 52.5 Å². The molecule has 0 aromatic heterocycles. The van der Waals surface area contributed by atoms with E-state index in [1.165, 1.54) is 56.9 Å². The highest BCUT2D eigenvalue weighted by molar-refractivity contribution is 5.38. The van der Waals surface area contributed by atoms with Crippen molar-refractivity contribution in [3.8, 4) is 0 Å². The number of benzene rings is 1. The van der Waals surface area contributed by atoms with Gasteiger partial charge in [0.2, 0.25) is 0 Å². The van der Waals surface area contributed by atoms with Gasteiger partial charge in [-0.05, 0) is 87.2 Å². The van der Waals surface area contributed by atoms with E-state index >= 15 is 0 Å². The van der Waals surface area contributed by atoms with Crippen molar-refractivity contribution in [3.05, 3.63) is 47.2 Å². The molecule has 1 aromatic rings. The van der Waals surface area contributed by atoms with Gasteiger partial charge >= 0.3 is 0 Å². The van der Waals surface area contributed by atoms with E-state index in [4.69, 9.17) is 4.74 Å². The Hall–Kier alpha value is -1.24. The fraction of sp³-hybridized carbons (Fsp3) is 0.692. The molecule has 5 atom stereocenters. The van der Waals surface area contributed by atoms with E-state index in [-0.39, 0.29) is 11.0 Å². The van der Waals surface area contributed by atoms with Crippen LogP contribution in [-0.2, 0) is 11.2 Å². The highest BCUT2D eigenvalue weighted by atomic mass is 16.5. The summed E-state index contributed by atoms with van der Waals surface area (Å²) in [5.74, 6) is 3.50. The number of hydrogen-bond acceptors (Lipinski definition) is 1. The summed E-state index contributed by atoms with van der Waals surface area (Å²) in [7, 11) is 0. The first-order valence-electron chi connectivity index (χ1n) is 11.2. The molecule has 146 valence electrons. The van der Waals surface area contributed by atoms with Crippen molar-refractivity contribution in [2.75, 3.05) is 0 Å². The van der Waals surface area contributed by atoms with Gasteiger partial charge in [0.25, 0.3) is 0 Å². The van der Waals surface area contributed by atoms with Crippen LogP contribution in [0.2, 0.25) is 0 Å². The third kappa shape index (κ3) is 2.36. The van der Waals surface area contributed by atoms with Gasteiger partial charge < -0.3 is 4.74 Å². The Bertz CT molecular complexity index is 789. The molecule has 3 aliphatic carbocycles. The average Bonchev–Trinajstić information content (AvgIpc) is 2.91. The van der Waals surface area contributed by atoms with Gasteiger partial charge in [-0.2, -0.15) is 0 Å². The highest BCUT2D eigenvalue weighted by Gasteiger charge is 2.64. The quantitative estimate of drug-likeness (QED) is 0.484. The lowest BCUT2D eigenvalue weighted by molar-refractivity contribution is -0.158. The van der Waals surface area contributed by atoms with Crippen molar-refractivity contribution in [1.29, 1.82) is 0 Å². The van der Waals surface area contributed by atoms with Crippen molar-refractivity contribution in [2.24, 2.45) is 22.7 Å². The standard InChI is InChI=1S/C26H36O/c1-17-6-8-20-19(16-17)7-9-22-21(20)10-12-25(5)23(22)11-13-26(25)15-14-24(3,4)18(2)27-26/h6,8,16,21-23H,2,7,9-15H2,1,3-5H3/t21?,22?,23?,25-,26+/m0/s1. The van der Waals surface area contributed by atoms with Gasteiger partial charge in [0.1, 0.15) is 5.60 Å². The van der Waals surface area contributed by atoms with Crippen LogP contribution in [0.15, 0.2) is 30.5 Å². The first-order chi connectivity index (χ1) is 12.8. The maximum absolute atomic E-state index is 6.79. The van der Waals surface area contributed by atoms with Gasteiger partial charge in [-0.15, -0.1) is 0 Å². The number of fused-ring (bicyclic) bond motifs is 6. The summed E-state index contributed by atoms with van der Waals surface area (Å²) in [4.78, 5) is 0. The molecule has 1 heteroatoms. The molecule has 1 aliphatic heterocycles. The van der Waals surface area contributed by atoms with Gasteiger partial charge in [0.05, 0.1) is 5.76 Å². The Balaban J connectivity index is 1.47. The second-order valence-electron chi connectivity index (χ2n) is 11.0. The van der Waals surface area contributed by atoms with Gasteiger partial charge in [0.15, 0.2) is 0 Å². The maximum Gasteiger partial charge on any atom is 0.114 e. The zero-order chi connectivity index (χ0) is 19.0. The number of allylic oxidation sites excluding steroid dienone is 1. The van der Waals surface area contributed by atoms with Crippen molar-refractivity contribution in [2.45, 2.75) is 90.6 Å². The molecule has 1 nitrogen and oxygen atoms in total. The molecule has 0 radical (unpaired) electrons. The average molecular weight is 365 g/mol. The molecule has 0 bridgehead atoms. The van der Waals surface area contributed by atoms with Crippen LogP contribution < -0.4 is 0 Å². The van der Waals surface area contributed by atoms with E-state index < -0.39 is 0 Å². The molecule has 1 aromatic carbocycles. The first-order valence-corrected chi connectivity index (χ1v) is 11.2. The van der Waals surface area contributed by atoms with Crippen LogP contribution in [0.4, 0.5) is 0 Å². The Morgan fingerprint density at radius 1 is 1.00 bits per heavy atom. The molecule has 5 rings (SSSR count). The monoisotopic (exact) mass is 364 g/mol. The molecule has 1 heterocycles. The van der Waals surface area contributed by atoms with Crippen LogP contribution in [0.1, 0.15) is 88.3 Å². The predicted octanol–water partition coefficient (Wildman–Crippen LogP) is 6.94. The lowest BCUT2D eigenvalue weighted by atomic mass is 9.52. The summed E-state index contributed by atoms with van der Waals surface area (Å²) >= 11 is 0. The fourth-order valence-corrected chi connectivity index (χ4v) is 7.46. The van der Waals surface area contributed by atoms with Crippen molar-refractivity contribution in [1.82, 2.24) is 0 Å². The minimum Gasteiger partial charge on any atom is -0.491 e. The van der Waals surface area contributed by atoms with Crippen molar-refractivity contribution >= 4 is 0 Å². The van der Waals surface area contributed by atoms with E-state index in [1.54, 1.807) is 11.1 Å². The van der Waals surface area contributed by atoms with Gasteiger partial charge in [-0.1, -0.05) is 51.1 Å². The second kappa shape index (κ2) is 5.65. The number of ether oxygens (including phenoxy) is 1. The topological polar surface area (TPSA) is 9.23 Å². The van der Waals surface area contributed by atoms with Crippen LogP contribution in [0.3, 0.4) is 0 Å². The van der Waals surface area contributed by atoms with Crippen LogP contribution in [0, 0.1) is 29.6 Å². The first kappa shape index (κ1) is 17.8. The summed E-state index contributed by atoms with van der Waals surface area (Å²) < 4.78 is 6.79. The van der Waals surface area contributed by atoms with Crippen LogP contribution in [-0.4, -0.2) is 5.60 Å². The van der Waals surface area contributed by atoms with E-state index in [0.29, 0.717) is 5.41 Å². The van der Waals surface area contributed by atoms with Gasteiger partial charge in [-0.25, -0.2) is 0 Å². The van der Waals surface area contributed by atoms with Crippen LogP contribution in [0.25, 0.3) is 0 Å². The number of hydrogen-bond donors (Lipinski definition) is 0.